The van der Waals surface area contributed by atoms with E-state index in [1.165, 1.54) is 12.1 Å². The van der Waals surface area contributed by atoms with Gasteiger partial charge in [-0.1, -0.05) is 12.1 Å². The van der Waals surface area contributed by atoms with Gasteiger partial charge < -0.3 is 16.0 Å². The van der Waals surface area contributed by atoms with Gasteiger partial charge in [0.1, 0.15) is 5.82 Å². The van der Waals surface area contributed by atoms with Gasteiger partial charge in [0.05, 0.1) is 5.56 Å². The summed E-state index contributed by atoms with van der Waals surface area (Å²) in [7, 11) is 0. The molecule has 0 saturated carbocycles. The Labute approximate surface area is 120 Å². The standard InChI is InChI=1S/C16H14FN3O/c17-14-4-3-12(8-13(14)16(18)21)20-9-10-1-2-11-5-6-19-15(11)7-10/h1-8,19-20H,9H2,(H2,18,21). The molecule has 0 fully saturated rings. The van der Waals surface area contributed by atoms with Gasteiger partial charge in [-0.25, -0.2) is 4.39 Å². The number of carbonyl (C=O) groups excluding carboxylic acids is 1. The Morgan fingerprint density at radius 2 is 2.05 bits per heavy atom. The second-order valence-electron chi connectivity index (χ2n) is 4.81. The van der Waals surface area contributed by atoms with E-state index in [4.69, 9.17) is 5.73 Å². The van der Waals surface area contributed by atoms with Gasteiger partial charge in [-0.05, 0) is 41.3 Å². The van der Waals surface area contributed by atoms with E-state index < -0.39 is 11.7 Å². The number of amides is 1. The number of aromatic amines is 1. The number of halogens is 1. The highest BCUT2D eigenvalue weighted by Gasteiger charge is 2.08. The lowest BCUT2D eigenvalue weighted by molar-refractivity contribution is 0.0996. The minimum Gasteiger partial charge on any atom is -0.381 e. The molecule has 0 radical (unpaired) electrons. The fourth-order valence-corrected chi connectivity index (χ4v) is 2.23. The summed E-state index contributed by atoms with van der Waals surface area (Å²) < 4.78 is 13.4. The van der Waals surface area contributed by atoms with Crippen molar-refractivity contribution in [2.45, 2.75) is 6.54 Å². The van der Waals surface area contributed by atoms with Crippen LogP contribution in [-0.2, 0) is 6.54 Å². The van der Waals surface area contributed by atoms with E-state index in [9.17, 15) is 9.18 Å². The predicted octanol–water partition coefficient (Wildman–Crippen LogP) is 3.02. The average molecular weight is 283 g/mol. The first-order valence-electron chi connectivity index (χ1n) is 6.53. The maximum atomic E-state index is 13.4. The first-order chi connectivity index (χ1) is 10.1. The number of carbonyl (C=O) groups is 1. The second-order valence-corrected chi connectivity index (χ2v) is 4.81. The molecule has 1 amide bonds. The lowest BCUT2D eigenvalue weighted by Gasteiger charge is -2.08. The van der Waals surface area contributed by atoms with Crippen LogP contribution < -0.4 is 11.1 Å². The van der Waals surface area contributed by atoms with Crippen LogP contribution in [0.25, 0.3) is 10.9 Å². The van der Waals surface area contributed by atoms with E-state index >= 15 is 0 Å². The maximum absolute atomic E-state index is 13.4. The molecule has 3 aromatic rings. The van der Waals surface area contributed by atoms with Gasteiger partial charge in [-0.15, -0.1) is 0 Å². The third kappa shape index (κ3) is 2.72. The lowest BCUT2D eigenvalue weighted by atomic mass is 10.1. The van der Waals surface area contributed by atoms with Crippen LogP contribution in [0, 0.1) is 5.82 Å². The van der Waals surface area contributed by atoms with Crippen LogP contribution in [0.15, 0.2) is 48.7 Å². The molecule has 4 N–H and O–H groups in total. The summed E-state index contributed by atoms with van der Waals surface area (Å²) >= 11 is 0. The van der Waals surface area contributed by atoms with E-state index in [1.807, 2.05) is 30.5 Å². The Morgan fingerprint density at radius 3 is 2.86 bits per heavy atom. The number of nitrogens with one attached hydrogen (secondary N) is 2. The maximum Gasteiger partial charge on any atom is 0.251 e. The molecule has 1 aromatic heterocycles. The quantitative estimate of drug-likeness (QED) is 0.688. The molecule has 0 saturated heterocycles. The van der Waals surface area contributed by atoms with Gasteiger partial charge in [0, 0.05) is 23.9 Å². The van der Waals surface area contributed by atoms with Crippen molar-refractivity contribution < 1.29 is 9.18 Å². The van der Waals surface area contributed by atoms with Crippen LogP contribution >= 0.6 is 0 Å². The van der Waals surface area contributed by atoms with Crippen LogP contribution in [0.4, 0.5) is 10.1 Å². The lowest BCUT2D eigenvalue weighted by Crippen LogP contribution is -2.13. The van der Waals surface area contributed by atoms with Crippen molar-refractivity contribution in [1.82, 2.24) is 4.98 Å². The van der Waals surface area contributed by atoms with Crippen molar-refractivity contribution in [2.24, 2.45) is 5.73 Å². The minimum atomic E-state index is -0.774. The van der Waals surface area contributed by atoms with E-state index in [1.54, 1.807) is 6.07 Å². The van der Waals surface area contributed by atoms with Crippen LogP contribution in [-0.4, -0.2) is 10.9 Å². The Kier molecular flexibility index (Phi) is 3.31. The molecular formula is C16H14FN3O. The molecule has 0 spiro atoms. The molecule has 0 aliphatic carbocycles. The van der Waals surface area contributed by atoms with E-state index in [2.05, 4.69) is 10.3 Å². The Balaban J connectivity index is 1.77. The number of rotatable bonds is 4. The van der Waals surface area contributed by atoms with Crippen molar-refractivity contribution in [2.75, 3.05) is 5.32 Å². The summed E-state index contributed by atoms with van der Waals surface area (Å²) in [6, 6.07) is 12.3. The van der Waals surface area contributed by atoms with Crippen LogP contribution in [0.2, 0.25) is 0 Å². The van der Waals surface area contributed by atoms with Gasteiger partial charge in [0.25, 0.3) is 5.91 Å². The number of H-pyrrole nitrogens is 1. The van der Waals surface area contributed by atoms with E-state index in [0.29, 0.717) is 12.2 Å². The molecule has 1 heterocycles. The van der Waals surface area contributed by atoms with Crippen molar-refractivity contribution >= 4 is 22.5 Å². The fraction of sp³-hybridized carbons (Fsp3) is 0.0625. The summed E-state index contributed by atoms with van der Waals surface area (Å²) in [5.41, 5.74) is 7.81. The molecule has 106 valence electrons. The molecule has 0 bridgehead atoms. The largest absolute Gasteiger partial charge is 0.381 e. The summed E-state index contributed by atoms with van der Waals surface area (Å²) in [5.74, 6) is -1.38. The molecule has 3 rings (SSSR count). The zero-order chi connectivity index (χ0) is 14.8. The first kappa shape index (κ1) is 13.2. The molecule has 0 atom stereocenters. The van der Waals surface area contributed by atoms with Gasteiger partial charge in [0.2, 0.25) is 0 Å². The number of anilines is 1. The van der Waals surface area contributed by atoms with E-state index in [-0.39, 0.29) is 5.56 Å². The molecule has 21 heavy (non-hydrogen) atoms. The number of primary amides is 1. The highest BCUT2D eigenvalue weighted by molar-refractivity contribution is 5.94. The number of hydrogen-bond donors (Lipinski definition) is 3. The predicted molar refractivity (Wildman–Crippen MR) is 80.5 cm³/mol. The third-order valence-electron chi connectivity index (χ3n) is 3.35. The third-order valence-corrected chi connectivity index (χ3v) is 3.35. The molecular weight excluding hydrogens is 269 g/mol. The zero-order valence-electron chi connectivity index (χ0n) is 11.2. The Bertz CT molecular complexity index is 810. The number of nitrogens with two attached hydrogens (primary N) is 1. The summed E-state index contributed by atoms with van der Waals surface area (Å²) in [6.45, 7) is 0.568. The normalized spacial score (nSPS) is 10.7. The molecule has 0 unspecified atom stereocenters. The molecule has 4 nitrogen and oxygen atoms in total. The highest BCUT2D eigenvalue weighted by Crippen LogP contribution is 2.17. The smallest absolute Gasteiger partial charge is 0.251 e. The first-order valence-corrected chi connectivity index (χ1v) is 6.53. The van der Waals surface area contributed by atoms with Crippen molar-refractivity contribution in [3.63, 3.8) is 0 Å². The number of benzene rings is 2. The van der Waals surface area contributed by atoms with Crippen LogP contribution in [0.1, 0.15) is 15.9 Å². The van der Waals surface area contributed by atoms with Gasteiger partial charge >= 0.3 is 0 Å². The second kappa shape index (κ2) is 5.28. The fourth-order valence-electron chi connectivity index (χ4n) is 2.23. The summed E-state index contributed by atoms with van der Waals surface area (Å²) in [4.78, 5) is 14.3. The van der Waals surface area contributed by atoms with Gasteiger partial charge in [0.15, 0.2) is 0 Å². The van der Waals surface area contributed by atoms with Crippen LogP contribution in [0.3, 0.4) is 0 Å². The van der Waals surface area contributed by atoms with Crippen molar-refractivity contribution in [1.29, 1.82) is 0 Å². The number of aromatic nitrogens is 1. The SMILES string of the molecule is NC(=O)c1cc(NCc2ccc3cc[nH]c3c2)ccc1F. The molecule has 5 heteroatoms. The number of hydrogen-bond acceptors (Lipinski definition) is 2. The van der Waals surface area contributed by atoms with Gasteiger partial charge in [-0.2, -0.15) is 0 Å². The molecule has 0 aliphatic rings. The Hall–Kier alpha value is -2.82. The summed E-state index contributed by atoms with van der Waals surface area (Å²) in [5, 5.41) is 4.30. The highest BCUT2D eigenvalue weighted by atomic mass is 19.1. The summed E-state index contributed by atoms with van der Waals surface area (Å²) in [6.07, 6.45) is 1.89. The topological polar surface area (TPSA) is 70.9 Å². The zero-order valence-corrected chi connectivity index (χ0v) is 11.2. The Morgan fingerprint density at radius 1 is 1.19 bits per heavy atom. The van der Waals surface area contributed by atoms with Crippen molar-refractivity contribution in [3.05, 3.63) is 65.6 Å². The molecule has 0 aliphatic heterocycles. The average Bonchev–Trinajstić information content (AvgIpc) is 2.93. The number of fused-ring (bicyclic) bond motifs is 1. The minimum absolute atomic E-state index is 0.111. The van der Waals surface area contributed by atoms with E-state index in [0.717, 1.165) is 16.5 Å². The molecule has 2 aromatic carbocycles. The van der Waals surface area contributed by atoms with Gasteiger partial charge in [-0.3, -0.25) is 4.79 Å². The van der Waals surface area contributed by atoms with Crippen molar-refractivity contribution in [3.8, 4) is 0 Å². The van der Waals surface area contributed by atoms with Crippen LogP contribution in [0.5, 0.6) is 0 Å². The monoisotopic (exact) mass is 283 g/mol.